The summed E-state index contributed by atoms with van der Waals surface area (Å²) in [5.41, 5.74) is -0.247. The number of rotatable bonds is 4. The van der Waals surface area contributed by atoms with E-state index in [2.05, 4.69) is 31.1 Å². The number of hydrogen-bond acceptors (Lipinski definition) is 3. The Balaban J connectivity index is 1.94. The van der Waals surface area contributed by atoms with Gasteiger partial charge in [-0.15, -0.1) is 0 Å². The molecule has 0 bridgehead atoms. The van der Waals surface area contributed by atoms with Crippen LogP contribution < -0.4 is 5.32 Å². The third-order valence-electron chi connectivity index (χ3n) is 5.34. The molecule has 2 amide bonds. The van der Waals surface area contributed by atoms with Crippen molar-refractivity contribution in [1.29, 1.82) is 0 Å². The van der Waals surface area contributed by atoms with Crippen molar-refractivity contribution >= 4 is 6.03 Å². The number of hydrogen-bond donors (Lipinski definition) is 1. The van der Waals surface area contributed by atoms with E-state index in [0.717, 1.165) is 12.2 Å². The summed E-state index contributed by atoms with van der Waals surface area (Å²) in [6.07, 6.45) is 4.44. The Kier molecular flexibility index (Phi) is 4.02. The lowest BCUT2D eigenvalue weighted by Gasteiger charge is -2.61. The van der Waals surface area contributed by atoms with Gasteiger partial charge in [-0.1, -0.05) is 13.8 Å². The Bertz CT molecular complexity index is 525. The van der Waals surface area contributed by atoms with E-state index in [1.54, 1.807) is 18.2 Å². The van der Waals surface area contributed by atoms with Crippen molar-refractivity contribution in [3.63, 3.8) is 0 Å². The average Bonchev–Trinajstić information content (AvgIpc) is 2.86. The molecule has 1 aromatic rings. The summed E-state index contributed by atoms with van der Waals surface area (Å²) in [6.45, 7) is 6.82. The molecule has 1 saturated carbocycles. The van der Waals surface area contributed by atoms with Gasteiger partial charge in [-0.25, -0.2) is 9.78 Å². The molecule has 1 aromatic heterocycles. The third kappa shape index (κ3) is 2.52. The molecular formula is C15H26N4O2. The lowest BCUT2D eigenvalue weighted by molar-refractivity contribution is -0.198. The molecule has 6 heteroatoms. The summed E-state index contributed by atoms with van der Waals surface area (Å²) in [5, 5.41) is 2.92. The van der Waals surface area contributed by atoms with Crippen molar-refractivity contribution < 1.29 is 9.53 Å². The van der Waals surface area contributed by atoms with E-state index in [9.17, 15) is 4.79 Å². The zero-order valence-electron chi connectivity index (χ0n) is 13.8. The predicted molar refractivity (Wildman–Crippen MR) is 80.8 cm³/mol. The van der Waals surface area contributed by atoms with Crippen LogP contribution in [0.2, 0.25) is 0 Å². The number of nitrogens with one attached hydrogen (secondary N) is 1. The number of methoxy groups -OCH3 is 1. The molecule has 1 aliphatic carbocycles. The van der Waals surface area contributed by atoms with E-state index in [1.165, 1.54) is 0 Å². The molecule has 0 spiro atoms. The highest BCUT2D eigenvalue weighted by Gasteiger charge is 2.59. The Morgan fingerprint density at radius 1 is 1.57 bits per heavy atom. The second-order valence-electron chi connectivity index (χ2n) is 6.60. The molecular weight excluding hydrogens is 268 g/mol. The third-order valence-corrected chi connectivity index (χ3v) is 5.34. The van der Waals surface area contributed by atoms with Crippen LogP contribution in [0.15, 0.2) is 12.4 Å². The Morgan fingerprint density at radius 3 is 2.71 bits per heavy atom. The van der Waals surface area contributed by atoms with Crippen molar-refractivity contribution in [2.24, 2.45) is 12.5 Å². The fraction of sp³-hybridized carbons (Fsp3) is 0.733. The number of aromatic nitrogens is 2. The molecule has 0 radical (unpaired) electrons. The van der Waals surface area contributed by atoms with Crippen LogP contribution in [0.3, 0.4) is 0 Å². The van der Waals surface area contributed by atoms with Crippen LogP contribution in [0, 0.1) is 5.41 Å². The molecule has 1 aliphatic rings. The van der Waals surface area contributed by atoms with E-state index in [0.29, 0.717) is 6.54 Å². The molecule has 0 unspecified atom stereocenters. The van der Waals surface area contributed by atoms with Crippen LogP contribution >= 0.6 is 0 Å². The maximum Gasteiger partial charge on any atom is 0.317 e. The maximum absolute atomic E-state index is 12.3. The number of carbonyl (C=O) groups excluding carboxylic acids is 1. The molecule has 21 heavy (non-hydrogen) atoms. The van der Waals surface area contributed by atoms with Crippen LogP contribution in [-0.2, 0) is 18.3 Å². The number of imidazole rings is 1. The van der Waals surface area contributed by atoms with Crippen LogP contribution in [0.1, 0.15) is 33.0 Å². The first-order valence-corrected chi connectivity index (χ1v) is 7.25. The summed E-state index contributed by atoms with van der Waals surface area (Å²) in [5.74, 6) is 0.839. The second kappa shape index (κ2) is 5.33. The van der Waals surface area contributed by atoms with Gasteiger partial charge in [-0.05, 0) is 13.3 Å². The number of urea groups is 1. The largest absolute Gasteiger partial charge is 0.378 e. The topological polar surface area (TPSA) is 59.4 Å². The van der Waals surface area contributed by atoms with Crippen molar-refractivity contribution in [3.8, 4) is 0 Å². The molecule has 6 nitrogen and oxygen atoms in total. The zero-order valence-corrected chi connectivity index (χ0v) is 13.8. The fourth-order valence-electron chi connectivity index (χ4n) is 3.06. The van der Waals surface area contributed by atoms with E-state index < -0.39 is 0 Å². The molecule has 2 rings (SSSR count). The van der Waals surface area contributed by atoms with E-state index in [1.807, 2.05) is 24.9 Å². The van der Waals surface area contributed by atoms with Gasteiger partial charge in [-0.3, -0.25) is 0 Å². The summed E-state index contributed by atoms with van der Waals surface area (Å²) < 4.78 is 7.51. The fourth-order valence-corrected chi connectivity index (χ4v) is 3.06. The van der Waals surface area contributed by atoms with Crippen LogP contribution in [0.4, 0.5) is 4.79 Å². The summed E-state index contributed by atoms with van der Waals surface area (Å²) >= 11 is 0. The summed E-state index contributed by atoms with van der Waals surface area (Å²) in [4.78, 5) is 18.3. The van der Waals surface area contributed by atoms with Gasteiger partial charge in [0.15, 0.2) is 0 Å². The number of carbonyl (C=O) groups is 1. The Morgan fingerprint density at radius 2 is 2.24 bits per heavy atom. The van der Waals surface area contributed by atoms with Crippen LogP contribution in [0.5, 0.6) is 0 Å². The highest BCUT2D eigenvalue weighted by Crippen LogP contribution is 2.53. The second-order valence-corrected chi connectivity index (χ2v) is 6.60. The van der Waals surface area contributed by atoms with Crippen molar-refractivity contribution in [2.75, 3.05) is 14.2 Å². The van der Waals surface area contributed by atoms with E-state index in [-0.39, 0.29) is 23.1 Å². The molecule has 0 aromatic carbocycles. The van der Waals surface area contributed by atoms with Crippen molar-refractivity contribution in [3.05, 3.63) is 18.2 Å². The standard InChI is InChI=1S/C15H26N4O2/c1-14(2)11(9-15(14,3)21-6)19(5)13(20)17-10-12-16-7-8-18(12)4/h7-8,11H,9-10H2,1-6H3,(H,17,20)/t11-,15-/m1/s1. The minimum absolute atomic E-state index is 0.0724. The highest BCUT2D eigenvalue weighted by molar-refractivity contribution is 5.74. The summed E-state index contributed by atoms with van der Waals surface area (Å²) in [6, 6.07) is 0.0954. The smallest absolute Gasteiger partial charge is 0.317 e. The summed E-state index contributed by atoms with van der Waals surface area (Å²) in [7, 11) is 5.49. The minimum atomic E-state index is -0.175. The van der Waals surface area contributed by atoms with Crippen LogP contribution in [0.25, 0.3) is 0 Å². The van der Waals surface area contributed by atoms with Gasteiger partial charge >= 0.3 is 6.03 Å². The molecule has 0 saturated heterocycles. The minimum Gasteiger partial charge on any atom is -0.378 e. The monoisotopic (exact) mass is 294 g/mol. The molecule has 1 heterocycles. The Hall–Kier alpha value is -1.56. The lowest BCUT2D eigenvalue weighted by atomic mass is 9.55. The Labute approximate surface area is 126 Å². The maximum atomic E-state index is 12.3. The molecule has 2 atom stereocenters. The van der Waals surface area contributed by atoms with E-state index in [4.69, 9.17) is 4.74 Å². The number of nitrogens with zero attached hydrogens (tertiary/aromatic N) is 3. The van der Waals surface area contributed by atoms with Gasteiger partial charge in [0.25, 0.3) is 0 Å². The van der Waals surface area contributed by atoms with Gasteiger partial charge in [-0.2, -0.15) is 0 Å². The van der Waals surface area contributed by atoms with Crippen molar-refractivity contribution in [1.82, 2.24) is 19.8 Å². The highest BCUT2D eigenvalue weighted by atomic mass is 16.5. The zero-order chi connectivity index (χ0) is 15.8. The van der Waals surface area contributed by atoms with Gasteiger partial charge in [0.2, 0.25) is 0 Å². The van der Waals surface area contributed by atoms with Crippen molar-refractivity contribution in [2.45, 2.75) is 45.4 Å². The first-order valence-electron chi connectivity index (χ1n) is 7.25. The van der Waals surface area contributed by atoms with E-state index >= 15 is 0 Å². The van der Waals surface area contributed by atoms with Gasteiger partial charge < -0.3 is 19.5 Å². The molecule has 0 aliphatic heterocycles. The molecule has 1 N–H and O–H groups in total. The number of ether oxygens (including phenoxy) is 1. The molecule has 118 valence electrons. The quantitative estimate of drug-likeness (QED) is 0.920. The van der Waals surface area contributed by atoms with Gasteiger partial charge in [0, 0.05) is 45.1 Å². The number of amides is 2. The molecule has 1 fully saturated rings. The average molecular weight is 294 g/mol. The number of aryl methyl sites for hydroxylation is 1. The lowest BCUT2D eigenvalue weighted by Crippen LogP contribution is -2.69. The SMILES string of the molecule is CO[C@]1(C)C[C@@H](N(C)C(=O)NCc2nccn2C)C1(C)C. The van der Waals surface area contributed by atoms with Gasteiger partial charge in [0.05, 0.1) is 12.1 Å². The van der Waals surface area contributed by atoms with Gasteiger partial charge in [0.1, 0.15) is 5.82 Å². The van der Waals surface area contributed by atoms with Crippen LogP contribution in [-0.4, -0.2) is 46.3 Å². The predicted octanol–water partition coefficient (Wildman–Crippen LogP) is 1.77. The normalized spacial score (nSPS) is 27.0. The first-order chi connectivity index (χ1) is 9.73. The first kappa shape index (κ1) is 15.8.